The third-order valence-electron chi connectivity index (χ3n) is 3.58. The molecule has 2 rings (SSSR count). The molecule has 1 aliphatic carbocycles. The maximum Gasteiger partial charge on any atom is 0.248 e. The van der Waals surface area contributed by atoms with Crippen molar-refractivity contribution in [3.8, 4) is 12.1 Å². The Bertz CT molecular complexity index is 610. The summed E-state index contributed by atoms with van der Waals surface area (Å²) >= 11 is 0. The molecule has 96 valence electrons. The predicted octanol–water partition coefficient (Wildman–Crippen LogP) is 1.32. The van der Waals surface area contributed by atoms with Crippen LogP contribution in [-0.2, 0) is 5.41 Å². The first-order valence-electron chi connectivity index (χ1n) is 6.14. The maximum absolute atomic E-state index is 11.4. The van der Waals surface area contributed by atoms with Gasteiger partial charge in [0.15, 0.2) is 0 Å². The number of nitrogens with zero attached hydrogens (tertiary/aromatic N) is 2. The summed E-state index contributed by atoms with van der Waals surface area (Å²) in [5.74, 6) is 0. The van der Waals surface area contributed by atoms with Crippen LogP contribution in [0, 0.1) is 22.7 Å². The van der Waals surface area contributed by atoms with Gasteiger partial charge in [-0.15, -0.1) is 0 Å². The van der Waals surface area contributed by atoms with Gasteiger partial charge < -0.3 is 10.3 Å². The average molecular weight is 254 g/mol. The highest BCUT2D eigenvalue weighted by Gasteiger charge is 2.39. The van der Waals surface area contributed by atoms with Crippen LogP contribution in [-0.4, -0.2) is 11.5 Å². The Balaban J connectivity index is 2.13. The third-order valence-corrected chi connectivity index (χ3v) is 3.58. The smallest absolute Gasteiger partial charge is 0.248 e. The Morgan fingerprint density at radius 1 is 1.42 bits per heavy atom. The van der Waals surface area contributed by atoms with Gasteiger partial charge in [-0.05, 0) is 18.9 Å². The summed E-state index contributed by atoms with van der Waals surface area (Å²) < 4.78 is 0. The number of aromatic nitrogens is 1. The van der Waals surface area contributed by atoms with Crippen LogP contribution in [0.3, 0.4) is 0 Å². The summed E-state index contributed by atoms with van der Waals surface area (Å²) in [5, 5.41) is 20.3. The van der Waals surface area contributed by atoms with Crippen molar-refractivity contribution in [2.24, 2.45) is 0 Å². The summed E-state index contributed by atoms with van der Waals surface area (Å²) in [6.07, 6.45) is 4.53. The van der Waals surface area contributed by atoms with E-state index in [4.69, 9.17) is 10.5 Å². The second-order valence-corrected chi connectivity index (χ2v) is 4.73. The lowest BCUT2D eigenvalue weighted by Crippen LogP contribution is -2.44. The van der Waals surface area contributed by atoms with Crippen LogP contribution in [0.4, 0.5) is 0 Å². The van der Waals surface area contributed by atoms with E-state index in [9.17, 15) is 4.79 Å². The van der Waals surface area contributed by atoms with Crippen molar-refractivity contribution in [1.29, 1.82) is 10.5 Å². The van der Waals surface area contributed by atoms with Gasteiger partial charge >= 0.3 is 0 Å². The minimum Gasteiger partial charge on any atom is -0.388 e. The van der Waals surface area contributed by atoms with Crippen LogP contribution in [0.2, 0.25) is 0 Å². The molecule has 0 aliphatic heterocycles. The van der Waals surface area contributed by atoms with Crippen LogP contribution >= 0.6 is 0 Å². The number of aromatic amines is 1. The zero-order valence-corrected chi connectivity index (χ0v) is 10.4. The maximum atomic E-state index is 11.4. The van der Waals surface area contributed by atoms with Gasteiger partial charge in [-0.3, -0.25) is 4.79 Å². The highest BCUT2D eigenvalue weighted by molar-refractivity contribution is 5.34. The van der Waals surface area contributed by atoms with Gasteiger partial charge in [-0.1, -0.05) is 12.5 Å². The van der Waals surface area contributed by atoms with E-state index in [1.165, 1.54) is 12.3 Å². The van der Waals surface area contributed by atoms with Crippen molar-refractivity contribution in [3.05, 3.63) is 46.0 Å². The monoisotopic (exact) mass is 254 g/mol. The molecule has 1 aromatic heterocycles. The molecule has 0 bridgehead atoms. The van der Waals surface area contributed by atoms with E-state index in [0.717, 1.165) is 25.0 Å². The highest BCUT2D eigenvalue weighted by Crippen LogP contribution is 2.41. The molecular formula is C14H14N4O. The highest BCUT2D eigenvalue weighted by atomic mass is 16.1. The standard InChI is InChI=1S/C14H14N4O/c15-7-11(8-16)9-17-10-14(5-2-6-14)12-3-1-4-13(19)18-12/h1,3-4,9,17H,2,5-6,10H2,(H,18,19). The molecule has 1 aliphatic rings. The van der Waals surface area contributed by atoms with Crippen molar-refractivity contribution in [2.45, 2.75) is 24.7 Å². The number of nitriles is 2. The Kier molecular flexibility index (Phi) is 3.68. The molecule has 1 aromatic rings. The van der Waals surface area contributed by atoms with Gasteiger partial charge in [0.05, 0.1) is 0 Å². The first kappa shape index (κ1) is 12.9. The summed E-state index contributed by atoms with van der Waals surface area (Å²) in [5.41, 5.74) is 0.778. The van der Waals surface area contributed by atoms with Crippen LogP contribution in [0.1, 0.15) is 25.0 Å². The number of hydrogen-bond acceptors (Lipinski definition) is 4. The molecular weight excluding hydrogens is 240 g/mol. The van der Waals surface area contributed by atoms with Gasteiger partial charge in [0.25, 0.3) is 0 Å². The summed E-state index contributed by atoms with van der Waals surface area (Å²) in [6, 6.07) is 8.77. The van der Waals surface area contributed by atoms with Gasteiger partial charge in [0, 0.05) is 29.9 Å². The normalized spacial score (nSPS) is 15.5. The fraction of sp³-hybridized carbons (Fsp3) is 0.357. The van der Waals surface area contributed by atoms with Crippen molar-refractivity contribution in [1.82, 2.24) is 10.3 Å². The Labute approximate surface area is 111 Å². The lowest BCUT2D eigenvalue weighted by molar-refractivity contribution is 0.234. The quantitative estimate of drug-likeness (QED) is 0.792. The minimum atomic E-state index is -0.103. The largest absolute Gasteiger partial charge is 0.388 e. The zero-order chi connectivity index (χ0) is 13.7. The second kappa shape index (κ2) is 5.41. The lowest BCUT2D eigenvalue weighted by Gasteiger charge is -2.41. The van der Waals surface area contributed by atoms with E-state index in [-0.39, 0.29) is 16.5 Å². The van der Waals surface area contributed by atoms with E-state index in [0.29, 0.717) is 6.54 Å². The summed E-state index contributed by atoms with van der Waals surface area (Å²) in [7, 11) is 0. The molecule has 0 amide bonds. The number of hydrogen-bond donors (Lipinski definition) is 2. The fourth-order valence-corrected chi connectivity index (χ4v) is 2.34. The Morgan fingerprint density at radius 2 is 2.16 bits per heavy atom. The molecule has 5 heteroatoms. The number of pyridine rings is 1. The number of rotatable bonds is 4. The van der Waals surface area contributed by atoms with E-state index < -0.39 is 0 Å². The molecule has 2 N–H and O–H groups in total. The molecule has 1 saturated carbocycles. The lowest BCUT2D eigenvalue weighted by atomic mass is 9.66. The molecule has 0 aromatic carbocycles. The van der Waals surface area contributed by atoms with Gasteiger partial charge in [0.2, 0.25) is 5.56 Å². The molecule has 0 spiro atoms. The molecule has 0 unspecified atom stereocenters. The van der Waals surface area contributed by atoms with Crippen LogP contribution in [0.25, 0.3) is 0 Å². The van der Waals surface area contributed by atoms with Gasteiger partial charge in [0.1, 0.15) is 17.7 Å². The first-order chi connectivity index (χ1) is 9.20. The first-order valence-corrected chi connectivity index (χ1v) is 6.14. The van der Waals surface area contributed by atoms with Crippen LogP contribution in [0.15, 0.2) is 34.8 Å². The summed E-state index contributed by atoms with van der Waals surface area (Å²) in [6.45, 7) is 0.611. The van der Waals surface area contributed by atoms with E-state index in [1.54, 1.807) is 18.2 Å². The van der Waals surface area contributed by atoms with Crippen molar-refractivity contribution < 1.29 is 0 Å². The van der Waals surface area contributed by atoms with Crippen molar-refractivity contribution >= 4 is 0 Å². The molecule has 0 radical (unpaired) electrons. The molecule has 5 nitrogen and oxygen atoms in total. The van der Waals surface area contributed by atoms with E-state index in [1.807, 2.05) is 6.07 Å². The third kappa shape index (κ3) is 2.66. The molecule has 0 saturated heterocycles. The molecule has 1 heterocycles. The van der Waals surface area contributed by atoms with E-state index in [2.05, 4.69) is 10.3 Å². The number of nitrogens with one attached hydrogen (secondary N) is 2. The number of allylic oxidation sites excluding steroid dienone is 1. The average Bonchev–Trinajstić information content (AvgIpc) is 2.37. The number of H-pyrrole nitrogens is 1. The van der Waals surface area contributed by atoms with Crippen molar-refractivity contribution in [3.63, 3.8) is 0 Å². The SMILES string of the molecule is N#CC(C#N)=CNCC1(c2cccc(=O)[nH]2)CCC1. The summed E-state index contributed by atoms with van der Waals surface area (Å²) in [4.78, 5) is 14.2. The second-order valence-electron chi connectivity index (χ2n) is 4.73. The Hall–Kier alpha value is -2.53. The van der Waals surface area contributed by atoms with Gasteiger partial charge in [-0.25, -0.2) is 0 Å². The predicted molar refractivity (Wildman–Crippen MR) is 69.9 cm³/mol. The minimum absolute atomic E-state index is 0.0519. The topological polar surface area (TPSA) is 92.5 Å². The Morgan fingerprint density at radius 3 is 2.68 bits per heavy atom. The zero-order valence-electron chi connectivity index (χ0n) is 10.4. The van der Waals surface area contributed by atoms with Crippen molar-refractivity contribution in [2.75, 3.05) is 6.54 Å². The van der Waals surface area contributed by atoms with Crippen LogP contribution < -0.4 is 10.9 Å². The molecule has 19 heavy (non-hydrogen) atoms. The molecule has 1 fully saturated rings. The molecule has 0 atom stereocenters. The van der Waals surface area contributed by atoms with E-state index >= 15 is 0 Å². The fourth-order valence-electron chi connectivity index (χ4n) is 2.34. The van der Waals surface area contributed by atoms with Gasteiger partial charge in [-0.2, -0.15) is 10.5 Å². The van der Waals surface area contributed by atoms with Crippen LogP contribution in [0.5, 0.6) is 0 Å².